The van der Waals surface area contributed by atoms with Crippen molar-refractivity contribution in [2.24, 2.45) is 0 Å². The van der Waals surface area contributed by atoms with Crippen molar-refractivity contribution in [3.8, 4) is 0 Å². The molecule has 3 heterocycles. The monoisotopic (exact) mass is 301 g/mol. The third kappa shape index (κ3) is 1.57. The fourth-order valence-electron chi connectivity index (χ4n) is 4.38. The number of carbonyl (C=O) groups excluding carboxylic acids is 1. The second-order valence-corrected chi connectivity index (χ2v) is 7.31. The Morgan fingerprint density at radius 3 is 2.59 bits per heavy atom. The predicted octanol–water partition coefficient (Wildman–Crippen LogP) is 3.08. The van der Waals surface area contributed by atoms with E-state index in [1.54, 1.807) is 0 Å². The number of aryl methyl sites for hydroxylation is 1. The molecule has 0 aliphatic carbocycles. The maximum atomic E-state index is 13.2. The highest BCUT2D eigenvalue weighted by molar-refractivity contribution is 6.08. The summed E-state index contributed by atoms with van der Waals surface area (Å²) in [5.41, 5.74) is 4.24. The summed E-state index contributed by atoms with van der Waals surface area (Å²) in [5.74, 6) is -0.821. The van der Waals surface area contributed by atoms with Gasteiger partial charge in [-0.25, -0.2) is 0 Å². The zero-order chi connectivity index (χ0) is 15.7. The van der Waals surface area contributed by atoms with Crippen LogP contribution in [0.1, 0.15) is 56.7 Å². The van der Waals surface area contributed by atoms with E-state index in [9.17, 15) is 4.79 Å². The van der Waals surface area contributed by atoms with Crippen molar-refractivity contribution < 1.29 is 14.3 Å². The van der Waals surface area contributed by atoms with Crippen LogP contribution >= 0.6 is 0 Å². The van der Waals surface area contributed by atoms with E-state index in [1.165, 1.54) is 11.1 Å². The number of hydrogen-bond acceptors (Lipinski definition) is 3. The van der Waals surface area contributed by atoms with Gasteiger partial charge < -0.3 is 14.4 Å². The van der Waals surface area contributed by atoms with Crippen molar-refractivity contribution in [3.63, 3.8) is 0 Å². The summed E-state index contributed by atoms with van der Waals surface area (Å²) < 4.78 is 11.7. The molecule has 0 aromatic heterocycles. The highest BCUT2D eigenvalue weighted by Crippen LogP contribution is 2.55. The maximum absolute atomic E-state index is 13.2. The van der Waals surface area contributed by atoms with E-state index in [2.05, 4.69) is 39.8 Å². The molecule has 3 aliphatic heterocycles. The average Bonchev–Trinajstić information content (AvgIpc) is 3.04. The molecule has 1 atom stereocenters. The lowest BCUT2D eigenvalue weighted by atomic mass is 9.79. The van der Waals surface area contributed by atoms with Crippen molar-refractivity contribution in [1.82, 2.24) is 0 Å². The largest absolute Gasteiger partial charge is 0.336 e. The highest BCUT2D eigenvalue weighted by atomic mass is 16.7. The van der Waals surface area contributed by atoms with Gasteiger partial charge in [-0.3, -0.25) is 4.79 Å². The van der Waals surface area contributed by atoms with E-state index in [0.717, 1.165) is 24.1 Å². The Morgan fingerprint density at radius 2 is 1.95 bits per heavy atom. The predicted molar refractivity (Wildman–Crippen MR) is 84.0 cm³/mol. The quantitative estimate of drug-likeness (QED) is 0.800. The van der Waals surface area contributed by atoms with E-state index in [4.69, 9.17) is 9.47 Å². The molecule has 1 saturated heterocycles. The van der Waals surface area contributed by atoms with Crippen molar-refractivity contribution in [1.29, 1.82) is 0 Å². The van der Waals surface area contributed by atoms with Crippen LogP contribution in [0.15, 0.2) is 12.1 Å². The summed E-state index contributed by atoms with van der Waals surface area (Å²) in [4.78, 5) is 15.1. The second-order valence-electron chi connectivity index (χ2n) is 7.31. The van der Waals surface area contributed by atoms with E-state index in [-0.39, 0.29) is 11.4 Å². The number of rotatable bonds is 1. The summed E-state index contributed by atoms with van der Waals surface area (Å²) in [5, 5.41) is 0. The molecule has 0 radical (unpaired) electrons. The molecule has 3 aliphatic rings. The lowest BCUT2D eigenvalue weighted by molar-refractivity contribution is -0.181. The number of hydrogen-bond donors (Lipinski definition) is 0. The Labute approximate surface area is 131 Å². The molecule has 1 aromatic rings. The molecule has 4 heteroatoms. The number of anilines is 1. The molecule has 0 unspecified atom stereocenters. The van der Waals surface area contributed by atoms with E-state index in [1.807, 2.05) is 4.90 Å². The number of nitrogens with zero attached hydrogens (tertiary/aromatic N) is 1. The van der Waals surface area contributed by atoms with Crippen LogP contribution in [0.5, 0.6) is 0 Å². The first-order valence-electron chi connectivity index (χ1n) is 8.20. The Bertz CT molecular complexity index is 659. The number of carbonyl (C=O) groups is 1. The molecule has 0 saturated carbocycles. The van der Waals surface area contributed by atoms with Crippen molar-refractivity contribution in [3.05, 3.63) is 28.8 Å². The Kier molecular flexibility index (Phi) is 2.80. The van der Waals surface area contributed by atoms with Crippen LogP contribution in [0.25, 0.3) is 0 Å². The fraction of sp³-hybridized carbons (Fsp3) is 0.611. The lowest BCUT2D eigenvalue weighted by Gasteiger charge is -2.43. The molecule has 22 heavy (non-hydrogen) atoms. The van der Waals surface area contributed by atoms with Gasteiger partial charge in [0.1, 0.15) is 0 Å². The van der Waals surface area contributed by atoms with Crippen LogP contribution in [0.2, 0.25) is 0 Å². The SMILES string of the molecule is CCc1cc2c3c(c1)C1(OCCO1)C(=O)N3C(C)(C)C[C@@H]2C. The van der Waals surface area contributed by atoms with Crippen molar-refractivity contribution >= 4 is 11.6 Å². The molecule has 4 nitrogen and oxygen atoms in total. The van der Waals surface area contributed by atoms with Gasteiger partial charge in [-0.05, 0) is 49.8 Å². The molecule has 1 spiro atoms. The topological polar surface area (TPSA) is 38.8 Å². The van der Waals surface area contributed by atoms with Gasteiger partial charge in [0.15, 0.2) is 0 Å². The molecule has 1 aromatic carbocycles. The number of ether oxygens (including phenoxy) is 2. The van der Waals surface area contributed by atoms with Crippen LogP contribution in [0, 0.1) is 0 Å². The molecule has 4 rings (SSSR count). The molecule has 1 fully saturated rings. The fourth-order valence-corrected chi connectivity index (χ4v) is 4.38. The van der Waals surface area contributed by atoms with E-state index >= 15 is 0 Å². The smallest absolute Gasteiger partial charge is 0.293 e. The third-order valence-electron chi connectivity index (χ3n) is 5.31. The number of amides is 1. The van der Waals surface area contributed by atoms with E-state index in [0.29, 0.717) is 19.1 Å². The van der Waals surface area contributed by atoms with Gasteiger partial charge in [0.05, 0.1) is 18.9 Å². The highest BCUT2D eigenvalue weighted by Gasteiger charge is 2.61. The molecule has 0 N–H and O–H groups in total. The van der Waals surface area contributed by atoms with Gasteiger partial charge in [-0.15, -0.1) is 0 Å². The van der Waals surface area contributed by atoms with Crippen LogP contribution < -0.4 is 4.90 Å². The zero-order valence-electron chi connectivity index (χ0n) is 13.7. The molecular formula is C18H23NO3. The van der Waals surface area contributed by atoms with Gasteiger partial charge in [-0.1, -0.05) is 19.9 Å². The minimum Gasteiger partial charge on any atom is -0.336 e. The first-order chi connectivity index (χ1) is 10.4. The Morgan fingerprint density at radius 1 is 1.27 bits per heavy atom. The summed E-state index contributed by atoms with van der Waals surface area (Å²) in [6, 6.07) is 4.36. The third-order valence-corrected chi connectivity index (χ3v) is 5.31. The Hall–Kier alpha value is -1.39. The van der Waals surface area contributed by atoms with Crippen LogP contribution in [0.4, 0.5) is 5.69 Å². The van der Waals surface area contributed by atoms with Gasteiger partial charge in [-0.2, -0.15) is 0 Å². The van der Waals surface area contributed by atoms with Gasteiger partial charge in [0, 0.05) is 11.1 Å². The van der Waals surface area contributed by atoms with E-state index < -0.39 is 5.79 Å². The summed E-state index contributed by atoms with van der Waals surface area (Å²) in [7, 11) is 0. The number of benzene rings is 1. The van der Waals surface area contributed by atoms with Gasteiger partial charge >= 0.3 is 0 Å². The van der Waals surface area contributed by atoms with Gasteiger partial charge in [0.2, 0.25) is 0 Å². The van der Waals surface area contributed by atoms with Crippen molar-refractivity contribution in [2.45, 2.75) is 57.8 Å². The normalized spacial score (nSPS) is 27.5. The summed E-state index contributed by atoms with van der Waals surface area (Å²) in [6.45, 7) is 9.61. The van der Waals surface area contributed by atoms with Crippen LogP contribution in [-0.2, 0) is 26.5 Å². The maximum Gasteiger partial charge on any atom is 0.293 e. The summed E-state index contributed by atoms with van der Waals surface area (Å²) in [6.07, 6.45) is 1.90. The first-order valence-corrected chi connectivity index (χ1v) is 8.20. The molecule has 118 valence electrons. The molecule has 1 amide bonds. The standard InChI is InChI=1S/C18H23NO3/c1-5-12-8-13-11(2)10-17(3,4)19-15(13)14(9-12)18(16(19)20)21-6-7-22-18/h8-9,11H,5-7,10H2,1-4H3/t11-/m0/s1. The van der Waals surface area contributed by atoms with Gasteiger partial charge in [0.25, 0.3) is 11.7 Å². The van der Waals surface area contributed by atoms with Crippen LogP contribution in [0.3, 0.4) is 0 Å². The average molecular weight is 301 g/mol. The minimum absolute atomic E-state index is 0.0496. The summed E-state index contributed by atoms with van der Waals surface area (Å²) >= 11 is 0. The first kappa shape index (κ1) is 14.2. The lowest BCUT2D eigenvalue weighted by Crippen LogP contribution is -2.53. The molecule has 0 bridgehead atoms. The molecular weight excluding hydrogens is 278 g/mol. The van der Waals surface area contributed by atoms with Crippen molar-refractivity contribution in [2.75, 3.05) is 18.1 Å². The second kappa shape index (κ2) is 4.33. The number of fused-ring (bicyclic) bond motifs is 1. The zero-order valence-corrected chi connectivity index (χ0v) is 13.7. The minimum atomic E-state index is -1.20. The Balaban J connectivity index is 2.03. The van der Waals surface area contributed by atoms with Crippen LogP contribution in [-0.4, -0.2) is 24.7 Å².